The summed E-state index contributed by atoms with van der Waals surface area (Å²) in [5.74, 6) is -0.236. The van der Waals surface area contributed by atoms with Gasteiger partial charge in [0.1, 0.15) is 12.3 Å². The van der Waals surface area contributed by atoms with Gasteiger partial charge in [-0.25, -0.2) is 4.79 Å². The molecule has 4 aromatic rings. The predicted octanol–water partition coefficient (Wildman–Crippen LogP) is 5.67. The number of aromatic amines is 2. The van der Waals surface area contributed by atoms with Crippen LogP contribution < -0.4 is 4.74 Å². The van der Waals surface area contributed by atoms with Gasteiger partial charge in [0.15, 0.2) is 0 Å². The number of ether oxygens (including phenoxy) is 2. The van der Waals surface area contributed by atoms with Crippen molar-refractivity contribution in [2.45, 2.75) is 47.1 Å². The molecular weight excluding hydrogens is 440 g/mol. The highest BCUT2D eigenvalue weighted by Gasteiger charge is 2.21. The van der Waals surface area contributed by atoms with Crippen molar-refractivity contribution in [3.8, 4) is 5.88 Å². The normalized spacial score (nSPS) is 10.9. The van der Waals surface area contributed by atoms with E-state index in [-0.39, 0.29) is 25.0 Å². The van der Waals surface area contributed by atoms with Crippen molar-refractivity contribution in [1.29, 1.82) is 0 Å². The molecule has 2 aromatic heterocycles. The number of H-pyrrole nitrogens is 2. The van der Waals surface area contributed by atoms with E-state index in [9.17, 15) is 9.59 Å². The number of hydrogen-bond acceptors (Lipinski definition) is 4. The number of benzene rings is 2. The van der Waals surface area contributed by atoms with E-state index in [0.29, 0.717) is 18.0 Å². The van der Waals surface area contributed by atoms with Crippen LogP contribution in [0.15, 0.2) is 60.7 Å². The van der Waals surface area contributed by atoms with Crippen LogP contribution in [0.2, 0.25) is 0 Å². The summed E-state index contributed by atoms with van der Waals surface area (Å²) in [7, 11) is 0. The summed E-state index contributed by atoms with van der Waals surface area (Å²) in [4.78, 5) is 31.7. The van der Waals surface area contributed by atoms with Crippen LogP contribution in [0.25, 0.3) is 0 Å². The Morgan fingerprint density at radius 2 is 1.29 bits per heavy atom. The van der Waals surface area contributed by atoms with E-state index in [2.05, 4.69) is 9.97 Å². The Morgan fingerprint density at radius 1 is 0.714 bits per heavy atom. The van der Waals surface area contributed by atoms with Gasteiger partial charge in [0, 0.05) is 23.4 Å². The number of hydrogen-bond donors (Lipinski definition) is 2. The predicted molar refractivity (Wildman–Crippen MR) is 135 cm³/mol. The lowest BCUT2D eigenvalue weighted by Gasteiger charge is -2.04. The molecule has 0 unspecified atom stereocenters. The Balaban J connectivity index is 1.46. The molecule has 2 heterocycles. The van der Waals surface area contributed by atoms with Crippen LogP contribution in [-0.2, 0) is 29.0 Å². The van der Waals surface area contributed by atoms with Crippen molar-refractivity contribution in [1.82, 2.24) is 9.97 Å². The van der Waals surface area contributed by atoms with Gasteiger partial charge in [0.2, 0.25) is 5.88 Å². The highest BCUT2D eigenvalue weighted by molar-refractivity contribution is 5.89. The van der Waals surface area contributed by atoms with E-state index >= 15 is 0 Å². The van der Waals surface area contributed by atoms with Crippen molar-refractivity contribution < 1.29 is 19.1 Å². The molecule has 0 spiro atoms. The molecule has 2 aromatic carbocycles. The van der Waals surface area contributed by atoms with Gasteiger partial charge in [-0.2, -0.15) is 0 Å². The number of rotatable bonds is 8. The molecule has 0 fully saturated rings. The SMILES string of the molecule is Cc1c(Cc2[nH]c(C(=O)OCc3ccccc3)c(C)c2C)[nH]c(OC(=O)Cc2ccccc2)c1C. The van der Waals surface area contributed by atoms with E-state index < -0.39 is 0 Å². The fraction of sp³-hybridized carbons (Fsp3) is 0.241. The van der Waals surface area contributed by atoms with Crippen LogP contribution in [0.5, 0.6) is 5.88 Å². The first kappa shape index (κ1) is 24.1. The summed E-state index contributed by atoms with van der Waals surface area (Å²) in [6, 6.07) is 19.1. The van der Waals surface area contributed by atoms with Gasteiger partial charge < -0.3 is 19.4 Å². The molecule has 0 aliphatic carbocycles. The first-order valence-electron chi connectivity index (χ1n) is 11.6. The summed E-state index contributed by atoms with van der Waals surface area (Å²) in [6.07, 6.45) is 0.749. The lowest BCUT2D eigenvalue weighted by Crippen LogP contribution is -2.12. The Labute approximate surface area is 205 Å². The zero-order valence-corrected chi connectivity index (χ0v) is 20.5. The molecule has 4 rings (SSSR count). The second-order valence-electron chi connectivity index (χ2n) is 8.79. The average molecular weight is 471 g/mol. The molecule has 0 radical (unpaired) electrons. The zero-order chi connectivity index (χ0) is 24.9. The van der Waals surface area contributed by atoms with E-state index in [1.807, 2.05) is 88.4 Å². The summed E-state index contributed by atoms with van der Waals surface area (Å²) >= 11 is 0. The van der Waals surface area contributed by atoms with Gasteiger partial charge in [-0.05, 0) is 55.5 Å². The molecule has 0 amide bonds. The van der Waals surface area contributed by atoms with Gasteiger partial charge in [-0.15, -0.1) is 0 Å². The third-order valence-corrected chi connectivity index (χ3v) is 6.46. The van der Waals surface area contributed by atoms with E-state index in [1.54, 1.807) is 0 Å². The molecule has 0 saturated heterocycles. The lowest BCUT2D eigenvalue weighted by atomic mass is 10.1. The quantitative estimate of drug-likeness (QED) is 0.325. The summed E-state index contributed by atoms with van der Waals surface area (Å²) in [5.41, 5.74) is 7.94. The van der Waals surface area contributed by atoms with Crippen molar-refractivity contribution in [3.05, 3.63) is 111 Å². The van der Waals surface area contributed by atoms with Gasteiger partial charge in [-0.1, -0.05) is 60.7 Å². The minimum atomic E-state index is -0.379. The van der Waals surface area contributed by atoms with Crippen LogP contribution in [0.3, 0.4) is 0 Å². The number of carbonyl (C=O) groups is 2. The maximum absolute atomic E-state index is 12.7. The molecule has 2 N–H and O–H groups in total. The van der Waals surface area contributed by atoms with Crippen LogP contribution in [-0.4, -0.2) is 21.9 Å². The molecule has 6 nitrogen and oxygen atoms in total. The van der Waals surface area contributed by atoms with Crippen LogP contribution in [0.1, 0.15) is 55.3 Å². The second-order valence-corrected chi connectivity index (χ2v) is 8.79. The maximum atomic E-state index is 12.7. The fourth-order valence-corrected chi connectivity index (χ4v) is 4.02. The van der Waals surface area contributed by atoms with E-state index in [4.69, 9.17) is 9.47 Å². The number of nitrogens with one attached hydrogen (secondary N) is 2. The van der Waals surface area contributed by atoms with Crippen molar-refractivity contribution >= 4 is 11.9 Å². The standard InChI is InChI=1S/C29H30N2O4/c1-18-20(3)27(29(33)34-17-23-13-9-6-10-14-23)30-24(18)16-25-19(2)21(4)28(31-25)35-26(32)15-22-11-7-5-8-12-22/h5-14,30-31H,15-17H2,1-4H3. The summed E-state index contributed by atoms with van der Waals surface area (Å²) < 4.78 is 11.2. The van der Waals surface area contributed by atoms with Crippen LogP contribution in [0.4, 0.5) is 0 Å². The van der Waals surface area contributed by atoms with Gasteiger partial charge >= 0.3 is 11.9 Å². The van der Waals surface area contributed by atoms with Crippen molar-refractivity contribution in [3.63, 3.8) is 0 Å². The maximum Gasteiger partial charge on any atom is 0.355 e. The van der Waals surface area contributed by atoms with Gasteiger partial charge in [-0.3, -0.25) is 4.79 Å². The lowest BCUT2D eigenvalue weighted by molar-refractivity contribution is -0.133. The van der Waals surface area contributed by atoms with E-state index in [1.165, 1.54) is 0 Å². The average Bonchev–Trinajstić information content (AvgIpc) is 3.29. The Bertz CT molecular complexity index is 1330. The van der Waals surface area contributed by atoms with E-state index in [0.717, 1.165) is 44.8 Å². The second kappa shape index (κ2) is 10.5. The van der Waals surface area contributed by atoms with Gasteiger partial charge in [0.05, 0.1) is 6.42 Å². The third kappa shape index (κ3) is 5.54. The van der Waals surface area contributed by atoms with Crippen LogP contribution in [0, 0.1) is 27.7 Å². The highest BCUT2D eigenvalue weighted by Crippen LogP contribution is 2.28. The summed E-state index contributed by atoms with van der Waals surface area (Å²) in [5, 5.41) is 0. The number of aromatic nitrogens is 2. The monoisotopic (exact) mass is 470 g/mol. The molecule has 180 valence electrons. The fourth-order valence-electron chi connectivity index (χ4n) is 4.02. The molecule has 0 aliphatic rings. The van der Waals surface area contributed by atoms with Crippen molar-refractivity contribution in [2.24, 2.45) is 0 Å². The molecule has 0 aliphatic heterocycles. The van der Waals surface area contributed by atoms with Crippen molar-refractivity contribution in [2.75, 3.05) is 0 Å². The molecule has 0 saturated carbocycles. The highest BCUT2D eigenvalue weighted by atomic mass is 16.5. The summed E-state index contributed by atoms with van der Waals surface area (Å²) in [6.45, 7) is 8.05. The first-order valence-corrected chi connectivity index (χ1v) is 11.6. The Hall–Kier alpha value is -4.06. The zero-order valence-electron chi connectivity index (χ0n) is 20.5. The smallest absolute Gasteiger partial charge is 0.355 e. The minimum absolute atomic E-state index is 0.205. The topological polar surface area (TPSA) is 84.2 Å². The largest absolute Gasteiger partial charge is 0.456 e. The molecule has 0 bridgehead atoms. The minimum Gasteiger partial charge on any atom is -0.456 e. The first-order chi connectivity index (χ1) is 16.8. The molecule has 6 heteroatoms. The number of carbonyl (C=O) groups excluding carboxylic acids is 2. The van der Waals surface area contributed by atoms with Crippen LogP contribution >= 0.6 is 0 Å². The van der Waals surface area contributed by atoms with Gasteiger partial charge in [0.25, 0.3) is 0 Å². The molecule has 35 heavy (non-hydrogen) atoms. The third-order valence-electron chi connectivity index (χ3n) is 6.46. The molecular formula is C29H30N2O4. The number of esters is 2. The Morgan fingerprint density at radius 3 is 1.94 bits per heavy atom. The molecule has 0 atom stereocenters. The Kier molecular flexibility index (Phi) is 7.20.